The van der Waals surface area contributed by atoms with Crippen LogP contribution in [0.1, 0.15) is 21.5 Å². The summed E-state index contributed by atoms with van der Waals surface area (Å²) in [4.78, 5) is 15.6. The second-order valence-electron chi connectivity index (χ2n) is 6.14. The first-order chi connectivity index (χ1) is 12.2. The molecule has 126 valence electrons. The minimum atomic E-state index is -1.17. The molecular weight excluding hydrogens is 319 g/mol. The van der Waals surface area contributed by atoms with Crippen LogP contribution in [0.5, 0.6) is 5.75 Å². The van der Waals surface area contributed by atoms with Crippen LogP contribution in [0.4, 0.5) is 0 Å². The molecule has 1 unspecified atom stereocenters. The van der Waals surface area contributed by atoms with Crippen molar-refractivity contribution in [3.63, 3.8) is 0 Å². The highest BCUT2D eigenvalue weighted by molar-refractivity contribution is 6.47. The van der Waals surface area contributed by atoms with E-state index in [1.165, 1.54) is 0 Å². The molecule has 0 fully saturated rings. The maximum absolute atomic E-state index is 12.5. The van der Waals surface area contributed by atoms with Gasteiger partial charge in [0, 0.05) is 28.2 Å². The molecule has 1 amide bonds. The van der Waals surface area contributed by atoms with Crippen molar-refractivity contribution >= 4 is 23.9 Å². The number of carbonyl (C=O) groups excluding carboxylic acids is 1. The molecule has 4 rings (SSSR count). The van der Waals surface area contributed by atoms with E-state index in [0.29, 0.717) is 23.3 Å². The van der Waals surface area contributed by atoms with Crippen molar-refractivity contribution in [3.05, 3.63) is 65.4 Å². The fourth-order valence-corrected chi connectivity index (χ4v) is 3.18. The molecule has 0 aliphatic carbocycles. The zero-order valence-electron chi connectivity index (χ0n) is 13.4. The van der Waals surface area contributed by atoms with E-state index in [4.69, 9.17) is 4.65 Å². The number of hydrogen-bond donors (Lipinski definition) is 4. The van der Waals surface area contributed by atoms with Crippen LogP contribution < -0.4 is 9.97 Å². The topological polar surface area (TPSA) is 94.6 Å². The van der Waals surface area contributed by atoms with E-state index in [1.54, 1.807) is 18.2 Å². The van der Waals surface area contributed by atoms with Gasteiger partial charge in [-0.25, -0.2) is 0 Å². The van der Waals surface area contributed by atoms with Crippen molar-refractivity contribution in [2.75, 3.05) is 0 Å². The first kappa shape index (κ1) is 15.7. The van der Waals surface area contributed by atoms with Gasteiger partial charge in [-0.1, -0.05) is 18.2 Å². The molecule has 1 aliphatic heterocycles. The molecule has 3 aromatic rings. The number of fused-ring (bicyclic) bond motifs is 2. The van der Waals surface area contributed by atoms with Gasteiger partial charge in [-0.15, -0.1) is 0 Å². The van der Waals surface area contributed by atoms with Crippen molar-refractivity contribution in [1.29, 1.82) is 0 Å². The number of H-pyrrole nitrogens is 1. The van der Waals surface area contributed by atoms with E-state index in [1.807, 2.05) is 30.5 Å². The summed E-state index contributed by atoms with van der Waals surface area (Å²) in [5, 5.41) is 23.4. The second-order valence-corrected chi connectivity index (χ2v) is 6.14. The van der Waals surface area contributed by atoms with Crippen LogP contribution in [-0.2, 0) is 13.0 Å². The highest BCUT2D eigenvalue weighted by Crippen LogP contribution is 2.30. The van der Waals surface area contributed by atoms with Gasteiger partial charge >= 0.3 is 7.12 Å². The van der Waals surface area contributed by atoms with Crippen molar-refractivity contribution in [2.45, 2.75) is 19.0 Å². The molecule has 0 radical (unpaired) electrons. The number of hydrogen-bond acceptors (Lipinski definition) is 4. The van der Waals surface area contributed by atoms with Crippen LogP contribution in [0, 0.1) is 0 Å². The number of aromatic nitrogens is 1. The Morgan fingerprint density at radius 1 is 1.32 bits per heavy atom. The molecule has 0 bridgehead atoms. The number of rotatable bonds is 3. The maximum atomic E-state index is 12.5. The highest BCUT2D eigenvalue weighted by atomic mass is 16.5. The number of aromatic amines is 1. The summed E-state index contributed by atoms with van der Waals surface area (Å²) >= 11 is 0. The molecule has 2 heterocycles. The summed E-state index contributed by atoms with van der Waals surface area (Å²) < 4.78 is 5.54. The van der Waals surface area contributed by atoms with E-state index in [9.17, 15) is 14.9 Å². The minimum absolute atomic E-state index is 0.163. The third-order valence-electron chi connectivity index (χ3n) is 4.50. The van der Waals surface area contributed by atoms with Crippen molar-refractivity contribution in [2.24, 2.45) is 0 Å². The van der Waals surface area contributed by atoms with Crippen LogP contribution in [0.25, 0.3) is 10.9 Å². The number of amides is 1. The standard InChI is InChI=1S/C18H17BN2O4/c22-10-14-3-1-2-12-9-16(19(24)25-17(12)14)21-18(23)13-4-5-15-11(8-13)6-7-20-15/h1-8,16,20,22,24H,9-10H2,(H,21,23). The largest absolute Gasteiger partial charge is 0.547 e. The van der Waals surface area contributed by atoms with Gasteiger partial charge in [-0.05, 0) is 36.2 Å². The normalized spacial score (nSPS) is 16.4. The van der Waals surface area contributed by atoms with Gasteiger partial charge in [-0.2, -0.15) is 0 Å². The molecule has 0 saturated heterocycles. The summed E-state index contributed by atoms with van der Waals surface area (Å²) in [5.41, 5.74) is 2.96. The molecule has 1 aliphatic rings. The summed E-state index contributed by atoms with van der Waals surface area (Å²) in [6, 6.07) is 12.7. The van der Waals surface area contributed by atoms with Gasteiger partial charge in [0.25, 0.3) is 5.91 Å². The molecule has 0 saturated carbocycles. The SMILES string of the molecule is O=C(NC1Cc2cccc(CO)c2OB1O)c1ccc2[nH]ccc2c1. The molecule has 1 aromatic heterocycles. The molecule has 2 aromatic carbocycles. The highest BCUT2D eigenvalue weighted by Gasteiger charge is 2.36. The van der Waals surface area contributed by atoms with E-state index < -0.39 is 13.1 Å². The van der Waals surface area contributed by atoms with Crippen LogP contribution >= 0.6 is 0 Å². The smallest absolute Gasteiger partial charge is 0.534 e. The lowest BCUT2D eigenvalue weighted by atomic mass is 9.72. The average molecular weight is 336 g/mol. The van der Waals surface area contributed by atoms with Gasteiger partial charge in [0.1, 0.15) is 5.75 Å². The number of aliphatic hydroxyl groups is 1. The van der Waals surface area contributed by atoms with E-state index in [0.717, 1.165) is 16.5 Å². The van der Waals surface area contributed by atoms with Crippen LogP contribution in [0.15, 0.2) is 48.7 Å². The average Bonchev–Trinajstić information content (AvgIpc) is 3.09. The Balaban J connectivity index is 1.54. The third-order valence-corrected chi connectivity index (χ3v) is 4.50. The predicted molar refractivity (Wildman–Crippen MR) is 94.2 cm³/mol. The number of carbonyl (C=O) groups is 1. The van der Waals surface area contributed by atoms with Gasteiger partial charge in [0.05, 0.1) is 12.5 Å². The number of benzene rings is 2. The molecule has 25 heavy (non-hydrogen) atoms. The quantitative estimate of drug-likeness (QED) is 0.544. The molecule has 1 atom stereocenters. The van der Waals surface area contributed by atoms with Crippen molar-refractivity contribution in [3.8, 4) is 5.75 Å². The van der Waals surface area contributed by atoms with E-state index in [2.05, 4.69) is 10.3 Å². The van der Waals surface area contributed by atoms with Crippen molar-refractivity contribution in [1.82, 2.24) is 10.3 Å². The van der Waals surface area contributed by atoms with Gasteiger partial charge in [0.15, 0.2) is 0 Å². The first-order valence-corrected chi connectivity index (χ1v) is 8.10. The summed E-state index contributed by atoms with van der Waals surface area (Å²) in [6.07, 6.45) is 2.25. The monoisotopic (exact) mass is 336 g/mol. The fraction of sp³-hybridized carbons (Fsp3) is 0.167. The Morgan fingerprint density at radius 2 is 2.20 bits per heavy atom. The van der Waals surface area contributed by atoms with Crippen LogP contribution in [-0.4, -0.2) is 34.1 Å². The number of aliphatic hydroxyl groups excluding tert-OH is 1. The molecule has 6 nitrogen and oxygen atoms in total. The molecule has 7 heteroatoms. The maximum Gasteiger partial charge on any atom is 0.547 e. The Kier molecular flexibility index (Phi) is 3.95. The minimum Gasteiger partial charge on any atom is -0.534 e. The van der Waals surface area contributed by atoms with Crippen LogP contribution in [0.3, 0.4) is 0 Å². The third kappa shape index (κ3) is 2.88. The molecule has 0 spiro atoms. The Hall–Kier alpha value is -2.77. The second kappa shape index (κ2) is 6.27. The number of nitrogens with one attached hydrogen (secondary N) is 2. The van der Waals surface area contributed by atoms with Gasteiger partial charge in [-0.3, -0.25) is 4.79 Å². The first-order valence-electron chi connectivity index (χ1n) is 8.10. The molecule has 4 N–H and O–H groups in total. The van der Waals surface area contributed by atoms with Crippen molar-refractivity contribution < 1.29 is 19.6 Å². The Labute approximate surface area is 144 Å². The zero-order valence-corrected chi connectivity index (χ0v) is 13.4. The lowest BCUT2D eigenvalue weighted by molar-refractivity contribution is 0.0941. The van der Waals surface area contributed by atoms with E-state index in [-0.39, 0.29) is 12.5 Å². The predicted octanol–water partition coefficient (Wildman–Crippen LogP) is 1.41. The molecular formula is C18H17BN2O4. The van der Waals surface area contributed by atoms with Crippen LogP contribution in [0.2, 0.25) is 0 Å². The fourth-order valence-electron chi connectivity index (χ4n) is 3.18. The van der Waals surface area contributed by atoms with E-state index >= 15 is 0 Å². The van der Waals surface area contributed by atoms with Gasteiger partial charge < -0.3 is 25.1 Å². The van der Waals surface area contributed by atoms with Gasteiger partial charge in [0.2, 0.25) is 0 Å². The lowest BCUT2D eigenvalue weighted by Crippen LogP contribution is -2.53. The Bertz CT molecular complexity index is 940. The number of para-hydroxylation sites is 1. The Morgan fingerprint density at radius 3 is 3.04 bits per heavy atom. The summed E-state index contributed by atoms with van der Waals surface area (Å²) in [7, 11) is -1.17. The summed E-state index contributed by atoms with van der Waals surface area (Å²) in [5.74, 6) is -0.329. The lowest BCUT2D eigenvalue weighted by Gasteiger charge is -2.29. The summed E-state index contributed by atoms with van der Waals surface area (Å²) in [6.45, 7) is -0.163. The zero-order chi connectivity index (χ0) is 17.4.